The van der Waals surface area contributed by atoms with Crippen molar-refractivity contribution >= 4 is 11.6 Å². The van der Waals surface area contributed by atoms with E-state index in [1.54, 1.807) is 7.11 Å². The van der Waals surface area contributed by atoms with Gasteiger partial charge in [0.1, 0.15) is 5.75 Å². The number of nitrogens with one attached hydrogen (secondary N) is 1. The molecule has 2 aromatic carbocycles. The number of fused-ring (bicyclic) bond motifs is 1. The zero-order valence-corrected chi connectivity index (χ0v) is 12.1. The molecule has 21 heavy (non-hydrogen) atoms. The number of anilines is 1. The van der Waals surface area contributed by atoms with Crippen LogP contribution in [0.4, 0.5) is 5.69 Å². The van der Waals surface area contributed by atoms with Crippen LogP contribution in [-0.4, -0.2) is 13.0 Å². The van der Waals surface area contributed by atoms with Gasteiger partial charge in [0.25, 0.3) is 0 Å². The highest BCUT2D eigenvalue weighted by molar-refractivity contribution is 5.96. The number of carbonyl (C=O) groups excluding carboxylic acids is 1. The van der Waals surface area contributed by atoms with Gasteiger partial charge in [-0.15, -0.1) is 0 Å². The molecule has 0 saturated heterocycles. The fourth-order valence-electron chi connectivity index (χ4n) is 2.96. The van der Waals surface area contributed by atoms with Crippen molar-refractivity contribution in [2.24, 2.45) is 0 Å². The topological polar surface area (TPSA) is 38.3 Å². The van der Waals surface area contributed by atoms with Gasteiger partial charge in [-0.1, -0.05) is 30.3 Å². The number of rotatable bonds is 3. The molecule has 0 unspecified atom stereocenters. The molecule has 1 N–H and O–H groups in total. The van der Waals surface area contributed by atoms with E-state index in [4.69, 9.17) is 4.74 Å². The smallest absolute Gasteiger partial charge is 0.231 e. The quantitative estimate of drug-likeness (QED) is 0.930. The molecule has 0 radical (unpaired) electrons. The molecular weight excluding hydrogens is 262 g/mol. The van der Waals surface area contributed by atoms with Crippen molar-refractivity contribution in [3.63, 3.8) is 0 Å². The molecule has 0 spiro atoms. The molecule has 0 heterocycles. The number of hydrogen-bond acceptors (Lipinski definition) is 2. The molecule has 0 fully saturated rings. The number of aryl methyl sites for hydroxylation is 1. The maximum absolute atomic E-state index is 12.6. The molecule has 1 amide bonds. The Labute approximate surface area is 124 Å². The van der Waals surface area contributed by atoms with Crippen molar-refractivity contribution < 1.29 is 9.53 Å². The number of amides is 1. The highest BCUT2D eigenvalue weighted by Gasteiger charge is 2.26. The number of ether oxygens (including phenoxy) is 1. The second-order valence-corrected chi connectivity index (χ2v) is 5.36. The number of hydrogen-bond donors (Lipinski definition) is 1. The van der Waals surface area contributed by atoms with Gasteiger partial charge in [-0.05, 0) is 42.5 Å². The lowest BCUT2D eigenvalue weighted by atomic mass is 9.82. The van der Waals surface area contributed by atoms with Crippen molar-refractivity contribution in [1.82, 2.24) is 0 Å². The van der Waals surface area contributed by atoms with Crippen molar-refractivity contribution in [1.29, 1.82) is 0 Å². The second kappa shape index (κ2) is 6.00. The largest absolute Gasteiger partial charge is 0.497 e. The van der Waals surface area contributed by atoms with E-state index >= 15 is 0 Å². The fraction of sp³-hybridized carbons (Fsp3) is 0.278. The molecule has 1 atom stereocenters. The SMILES string of the molecule is COc1cccc(NC(=O)[C@H]2CCCc3ccccc32)c1. The van der Waals surface area contributed by atoms with Crippen LogP contribution < -0.4 is 10.1 Å². The molecule has 0 aliphatic heterocycles. The zero-order valence-electron chi connectivity index (χ0n) is 12.1. The summed E-state index contributed by atoms with van der Waals surface area (Å²) in [7, 11) is 1.62. The van der Waals surface area contributed by atoms with E-state index in [-0.39, 0.29) is 11.8 Å². The Hall–Kier alpha value is -2.29. The van der Waals surface area contributed by atoms with Gasteiger partial charge in [-0.3, -0.25) is 4.79 Å². The molecule has 0 saturated carbocycles. The Morgan fingerprint density at radius 1 is 1.19 bits per heavy atom. The first-order chi connectivity index (χ1) is 10.3. The maximum Gasteiger partial charge on any atom is 0.231 e. The highest BCUT2D eigenvalue weighted by atomic mass is 16.5. The molecule has 3 heteroatoms. The highest BCUT2D eigenvalue weighted by Crippen LogP contribution is 2.32. The first kappa shape index (κ1) is 13.7. The minimum absolute atomic E-state index is 0.0545. The van der Waals surface area contributed by atoms with Crippen LogP contribution in [0.1, 0.15) is 29.9 Å². The predicted molar refractivity (Wildman–Crippen MR) is 83.7 cm³/mol. The van der Waals surface area contributed by atoms with Crippen molar-refractivity contribution in [3.05, 3.63) is 59.7 Å². The predicted octanol–water partition coefficient (Wildman–Crippen LogP) is 3.75. The lowest BCUT2D eigenvalue weighted by Crippen LogP contribution is -2.24. The Morgan fingerprint density at radius 3 is 2.90 bits per heavy atom. The Kier molecular flexibility index (Phi) is 3.91. The molecule has 0 bridgehead atoms. The van der Waals surface area contributed by atoms with E-state index in [9.17, 15) is 4.79 Å². The molecule has 2 aromatic rings. The van der Waals surface area contributed by atoms with Gasteiger partial charge in [-0.2, -0.15) is 0 Å². The molecular formula is C18H19NO2. The third-order valence-electron chi connectivity index (χ3n) is 4.02. The second-order valence-electron chi connectivity index (χ2n) is 5.36. The van der Waals surface area contributed by atoms with Gasteiger partial charge >= 0.3 is 0 Å². The van der Waals surface area contributed by atoms with Crippen LogP contribution in [0.2, 0.25) is 0 Å². The molecule has 3 nitrogen and oxygen atoms in total. The van der Waals surface area contributed by atoms with E-state index in [0.29, 0.717) is 0 Å². The summed E-state index contributed by atoms with van der Waals surface area (Å²) in [5.74, 6) is 0.758. The molecule has 0 aromatic heterocycles. The van der Waals surface area contributed by atoms with E-state index < -0.39 is 0 Å². The fourth-order valence-corrected chi connectivity index (χ4v) is 2.96. The Bertz CT molecular complexity index is 651. The average molecular weight is 281 g/mol. The lowest BCUT2D eigenvalue weighted by Gasteiger charge is -2.24. The van der Waals surface area contributed by atoms with Crippen LogP contribution >= 0.6 is 0 Å². The normalized spacial score (nSPS) is 16.9. The minimum Gasteiger partial charge on any atom is -0.497 e. The summed E-state index contributed by atoms with van der Waals surface area (Å²) in [6.45, 7) is 0. The van der Waals surface area contributed by atoms with Crippen LogP contribution in [0.15, 0.2) is 48.5 Å². The van der Waals surface area contributed by atoms with E-state index in [1.807, 2.05) is 36.4 Å². The Morgan fingerprint density at radius 2 is 2.05 bits per heavy atom. The third-order valence-corrected chi connectivity index (χ3v) is 4.02. The molecule has 1 aliphatic rings. The van der Waals surface area contributed by atoms with Crippen LogP contribution in [0.5, 0.6) is 5.75 Å². The van der Waals surface area contributed by atoms with Crippen molar-refractivity contribution in [3.8, 4) is 5.75 Å². The number of methoxy groups -OCH3 is 1. The molecule has 1 aliphatic carbocycles. The van der Waals surface area contributed by atoms with Crippen LogP contribution in [-0.2, 0) is 11.2 Å². The summed E-state index contributed by atoms with van der Waals surface area (Å²) in [4.78, 5) is 12.6. The minimum atomic E-state index is -0.0545. The van der Waals surface area contributed by atoms with Crippen molar-refractivity contribution in [2.45, 2.75) is 25.2 Å². The first-order valence-electron chi connectivity index (χ1n) is 7.30. The number of carbonyl (C=O) groups is 1. The molecule has 3 rings (SSSR count). The summed E-state index contributed by atoms with van der Waals surface area (Å²) in [6.07, 6.45) is 3.04. The van der Waals surface area contributed by atoms with Crippen LogP contribution in [0.25, 0.3) is 0 Å². The molecule has 108 valence electrons. The summed E-state index contributed by atoms with van der Waals surface area (Å²) in [5.41, 5.74) is 3.25. The lowest BCUT2D eigenvalue weighted by molar-refractivity contribution is -0.117. The van der Waals surface area contributed by atoms with Gasteiger partial charge in [0, 0.05) is 11.8 Å². The summed E-state index contributed by atoms with van der Waals surface area (Å²) in [6, 6.07) is 15.7. The number of benzene rings is 2. The third kappa shape index (κ3) is 2.92. The van der Waals surface area contributed by atoms with E-state index in [1.165, 1.54) is 11.1 Å². The van der Waals surface area contributed by atoms with Crippen LogP contribution in [0, 0.1) is 0 Å². The Balaban J connectivity index is 1.80. The van der Waals surface area contributed by atoms with Gasteiger partial charge in [0.05, 0.1) is 13.0 Å². The summed E-state index contributed by atoms with van der Waals surface area (Å²) < 4.78 is 5.19. The standard InChI is InChI=1S/C18H19NO2/c1-21-15-9-5-8-14(12-15)19-18(20)17-11-4-7-13-6-2-3-10-16(13)17/h2-3,5-6,8-10,12,17H,4,7,11H2,1H3,(H,19,20)/t17-/m0/s1. The van der Waals surface area contributed by atoms with Crippen LogP contribution in [0.3, 0.4) is 0 Å². The monoisotopic (exact) mass is 281 g/mol. The maximum atomic E-state index is 12.6. The summed E-state index contributed by atoms with van der Waals surface area (Å²) in [5, 5.41) is 3.01. The average Bonchev–Trinajstić information content (AvgIpc) is 2.54. The van der Waals surface area contributed by atoms with Gasteiger partial charge < -0.3 is 10.1 Å². The van der Waals surface area contributed by atoms with Gasteiger partial charge in [0.2, 0.25) is 5.91 Å². The van der Waals surface area contributed by atoms with E-state index in [2.05, 4.69) is 17.4 Å². The summed E-state index contributed by atoms with van der Waals surface area (Å²) >= 11 is 0. The van der Waals surface area contributed by atoms with Gasteiger partial charge in [0.15, 0.2) is 0 Å². The van der Waals surface area contributed by atoms with Gasteiger partial charge in [-0.25, -0.2) is 0 Å². The zero-order chi connectivity index (χ0) is 14.7. The van der Waals surface area contributed by atoms with Crippen molar-refractivity contribution in [2.75, 3.05) is 12.4 Å². The van der Waals surface area contributed by atoms with E-state index in [0.717, 1.165) is 30.7 Å². The first-order valence-corrected chi connectivity index (χ1v) is 7.30.